The number of nitrogens with one attached hydrogen (secondary N) is 1. The molecule has 1 atom stereocenters. The van der Waals surface area contributed by atoms with E-state index in [1.165, 1.54) is 5.56 Å². The molecule has 1 unspecified atom stereocenters. The van der Waals surface area contributed by atoms with Crippen molar-refractivity contribution in [3.8, 4) is 5.69 Å². The lowest BCUT2D eigenvalue weighted by atomic mass is 10.1. The van der Waals surface area contributed by atoms with Crippen molar-refractivity contribution in [1.82, 2.24) is 25.2 Å². The second-order valence-corrected chi connectivity index (χ2v) is 8.21. The monoisotopic (exact) mass is 371 g/mol. The molecule has 1 aromatic carbocycles. The normalized spacial score (nSPS) is 18.3. The molecular weight excluding hydrogens is 342 g/mol. The zero-order valence-electron chi connectivity index (χ0n) is 16.6. The Bertz CT molecular complexity index is 763. The molecule has 0 aliphatic carbocycles. The largest absolute Gasteiger partial charge is 0.444 e. The smallest absolute Gasteiger partial charge is 0.407 e. The number of alkyl carbamates (subject to hydrolysis) is 1. The number of carbonyl (C=O) groups is 1. The summed E-state index contributed by atoms with van der Waals surface area (Å²) in [7, 11) is 0. The molecule has 0 bridgehead atoms. The van der Waals surface area contributed by atoms with Gasteiger partial charge < -0.3 is 10.1 Å². The van der Waals surface area contributed by atoms with Gasteiger partial charge in [-0.1, -0.05) is 22.9 Å². The summed E-state index contributed by atoms with van der Waals surface area (Å²) in [5.74, 6) is 0. The maximum atomic E-state index is 12.0. The number of aryl methyl sites for hydroxylation is 1. The molecule has 3 rings (SSSR count). The van der Waals surface area contributed by atoms with Gasteiger partial charge in [0.2, 0.25) is 0 Å². The van der Waals surface area contributed by atoms with Gasteiger partial charge in [0, 0.05) is 19.1 Å². The third-order valence-corrected chi connectivity index (χ3v) is 4.45. The van der Waals surface area contributed by atoms with Gasteiger partial charge >= 0.3 is 6.09 Å². The van der Waals surface area contributed by atoms with Gasteiger partial charge in [-0.3, -0.25) is 4.90 Å². The Morgan fingerprint density at radius 1 is 1.30 bits per heavy atom. The molecule has 146 valence electrons. The first-order valence-electron chi connectivity index (χ1n) is 9.49. The lowest BCUT2D eigenvalue weighted by Gasteiger charge is -2.33. The minimum atomic E-state index is -0.479. The fourth-order valence-corrected chi connectivity index (χ4v) is 3.21. The van der Waals surface area contributed by atoms with E-state index in [1.54, 1.807) is 4.68 Å². The Kier molecular flexibility index (Phi) is 5.79. The van der Waals surface area contributed by atoms with Crippen LogP contribution < -0.4 is 5.32 Å². The average molecular weight is 371 g/mol. The highest BCUT2D eigenvalue weighted by Gasteiger charge is 2.24. The van der Waals surface area contributed by atoms with Crippen molar-refractivity contribution >= 4 is 6.09 Å². The maximum Gasteiger partial charge on any atom is 0.407 e. The van der Waals surface area contributed by atoms with E-state index in [-0.39, 0.29) is 12.1 Å². The van der Waals surface area contributed by atoms with E-state index >= 15 is 0 Å². The number of nitrogens with zero attached hydrogens (tertiary/aromatic N) is 4. The summed E-state index contributed by atoms with van der Waals surface area (Å²) < 4.78 is 7.16. The molecular formula is C20H29N5O2. The molecule has 2 aromatic rings. The number of hydrogen-bond acceptors (Lipinski definition) is 5. The third kappa shape index (κ3) is 5.79. The Morgan fingerprint density at radius 3 is 2.74 bits per heavy atom. The van der Waals surface area contributed by atoms with Crippen LogP contribution >= 0.6 is 0 Å². The maximum absolute atomic E-state index is 12.0. The highest BCUT2D eigenvalue weighted by atomic mass is 16.6. The molecule has 0 radical (unpaired) electrons. The lowest BCUT2D eigenvalue weighted by Crippen LogP contribution is -2.48. The zero-order chi connectivity index (χ0) is 19.4. The molecule has 1 aliphatic rings. The molecule has 2 heterocycles. The number of carbonyl (C=O) groups excluding carboxylic acids is 1. The van der Waals surface area contributed by atoms with E-state index in [9.17, 15) is 4.79 Å². The summed E-state index contributed by atoms with van der Waals surface area (Å²) in [6.45, 7) is 10.2. The second-order valence-electron chi connectivity index (χ2n) is 8.21. The number of aromatic nitrogens is 3. The fourth-order valence-electron chi connectivity index (χ4n) is 3.21. The van der Waals surface area contributed by atoms with Gasteiger partial charge in [-0.2, -0.15) is 0 Å². The van der Waals surface area contributed by atoms with Gasteiger partial charge in [0.25, 0.3) is 0 Å². The molecule has 1 saturated heterocycles. The molecule has 7 nitrogen and oxygen atoms in total. The SMILES string of the molecule is Cc1ccc(-n2cc(CN3CCCC(NC(=O)OC(C)(C)C)C3)nn2)cc1. The molecule has 0 spiro atoms. The zero-order valence-corrected chi connectivity index (χ0v) is 16.6. The van der Waals surface area contributed by atoms with Crippen LogP contribution in [0.5, 0.6) is 0 Å². The Morgan fingerprint density at radius 2 is 2.04 bits per heavy atom. The van der Waals surface area contributed by atoms with Crippen molar-refractivity contribution in [3.63, 3.8) is 0 Å². The van der Waals surface area contributed by atoms with Crippen LogP contribution in [0.1, 0.15) is 44.9 Å². The van der Waals surface area contributed by atoms with Crippen LogP contribution in [0.15, 0.2) is 30.5 Å². The Balaban J connectivity index is 1.55. The first-order chi connectivity index (χ1) is 12.8. The van der Waals surface area contributed by atoms with Crippen molar-refractivity contribution in [1.29, 1.82) is 0 Å². The number of benzene rings is 1. The number of amides is 1. The van der Waals surface area contributed by atoms with Crippen molar-refractivity contribution < 1.29 is 9.53 Å². The number of piperidine rings is 1. The number of hydrogen-bond donors (Lipinski definition) is 1. The predicted octanol–water partition coefficient (Wildman–Crippen LogP) is 3.06. The second kappa shape index (κ2) is 8.08. The van der Waals surface area contributed by atoms with E-state index in [0.717, 1.165) is 43.9 Å². The highest BCUT2D eigenvalue weighted by Crippen LogP contribution is 2.15. The van der Waals surface area contributed by atoms with Crippen LogP contribution in [-0.4, -0.2) is 50.7 Å². The number of rotatable bonds is 4. The molecule has 0 saturated carbocycles. The molecule has 27 heavy (non-hydrogen) atoms. The standard InChI is InChI=1S/C20H29N5O2/c1-15-7-9-18(10-8-15)25-14-17(22-23-25)13-24-11-5-6-16(12-24)21-19(26)27-20(2,3)4/h7-10,14,16H,5-6,11-13H2,1-4H3,(H,21,26). The Hall–Kier alpha value is -2.41. The molecule has 1 fully saturated rings. The van der Waals surface area contributed by atoms with Gasteiger partial charge in [0.15, 0.2) is 0 Å². The van der Waals surface area contributed by atoms with Crippen molar-refractivity contribution in [2.24, 2.45) is 0 Å². The summed E-state index contributed by atoms with van der Waals surface area (Å²) in [4.78, 5) is 14.3. The quantitative estimate of drug-likeness (QED) is 0.894. The minimum Gasteiger partial charge on any atom is -0.444 e. The predicted molar refractivity (Wildman–Crippen MR) is 104 cm³/mol. The van der Waals surface area contributed by atoms with E-state index in [1.807, 2.05) is 39.1 Å². The summed E-state index contributed by atoms with van der Waals surface area (Å²) >= 11 is 0. The summed E-state index contributed by atoms with van der Waals surface area (Å²) in [5, 5.41) is 11.5. The van der Waals surface area contributed by atoms with Crippen LogP contribution in [0.4, 0.5) is 4.79 Å². The van der Waals surface area contributed by atoms with Gasteiger partial charge in [0.1, 0.15) is 5.60 Å². The molecule has 1 amide bonds. The van der Waals surface area contributed by atoms with Gasteiger partial charge in [-0.25, -0.2) is 9.48 Å². The van der Waals surface area contributed by atoms with Crippen LogP contribution in [-0.2, 0) is 11.3 Å². The van der Waals surface area contributed by atoms with E-state index in [4.69, 9.17) is 4.74 Å². The summed E-state index contributed by atoms with van der Waals surface area (Å²) in [6.07, 6.45) is 3.62. The van der Waals surface area contributed by atoms with E-state index in [2.05, 4.69) is 39.6 Å². The molecule has 1 N–H and O–H groups in total. The van der Waals surface area contributed by atoms with E-state index in [0.29, 0.717) is 0 Å². The van der Waals surface area contributed by atoms with Crippen molar-refractivity contribution in [2.45, 2.75) is 58.7 Å². The fraction of sp³-hybridized carbons (Fsp3) is 0.550. The number of ether oxygens (including phenoxy) is 1. The number of likely N-dealkylation sites (tertiary alicyclic amines) is 1. The first kappa shape index (κ1) is 19.4. The Labute approximate surface area is 160 Å². The van der Waals surface area contributed by atoms with Crippen LogP contribution in [0.2, 0.25) is 0 Å². The average Bonchev–Trinajstić information content (AvgIpc) is 3.02. The topological polar surface area (TPSA) is 72.3 Å². The molecule has 7 heteroatoms. The van der Waals surface area contributed by atoms with E-state index < -0.39 is 5.60 Å². The minimum absolute atomic E-state index is 0.0979. The molecule has 1 aromatic heterocycles. The summed E-state index contributed by atoms with van der Waals surface area (Å²) in [6, 6.07) is 8.30. The highest BCUT2D eigenvalue weighted by molar-refractivity contribution is 5.68. The lowest BCUT2D eigenvalue weighted by molar-refractivity contribution is 0.0470. The third-order valence-electron chi connectivity index (χ3n) is 4.45. The van der Waals surface area contributed by atoms with Gasteiger partial charge in [-0.15, -0.1) is 5.10 Å². The van der Waals surface area contributed by atoms with Crippen molar-refractivity contribution in [3.05, 3.63) is 41.7 Å². The van der Waals surface area contributed by atoms with Gasteiger partial charge in [0.05, 0.1) is 17.6 Å². The summed E-state index contributed by atoms with van der Waals surface area (Å²) in [5.41, 5.74) is 2.67. The van der Waals surface area contributed by atoms with Crippen LogP contribution in [0, 0.1) is 6.92 Å². The molecule has 1 aliphatic heterocycles. The van der Waals surface area contributed by atoms with Gasteiger partial charge in [-0.05, 0) is 59.2 Å². The van der Waals surface area contributed by atoms with Crippen LogP contribution in [0.25, 0.3) is 5.69 Å². The van der Waals surface area contributed by atoms with Crippen molar-refractivity contribution in [2.75, 3.05) is 13.1 Å². The first-order valence-corrected chi connectivity index (χ1v) is 9.49. The van der Waals surface area contributed by atoms with Crippen LogP contribution in [0.3, 0.4) is 0 Å².